The first-order valence-corrected chi connectivity index (χ1v) is 16.3. The molecule has 2 amide bonds. The first kappa shape index (κ1) is 29.6. The zero-order chi connectivity index (χ0) is 28.4. The van der Waals surface area contributed by atoms with E-state index in [1.807, 2.05) is 51.1 Å². The quantitative estimate of drug-likeness (QED) is 0.219. The van der Waals surface area contributed by atoms with Crippen molar-refractivity contribution in [2.45, 2.75) is 107 Å². The van der Waals surface area contributed by atoms with Crippen LogP contribution in [0.5, 0.6) is 0 Å². The molecular weight excluding hydrogens is 522 g/mol. The Hall–Kier alpha value is -1.90. The minimum absolute atomic E-state index is 0.113. The summed E-state index contributed by atoms with van der Waals surface area (Å²) in [5.41, 5.74) is -0.468. The Morgan fingerprint density at radius 2 is 1.60 bits per heavy atom. The van der Waals surface area contributed by atoms with E-state index in [4.69, 9.17) is 0 Å². The van der Waals surface area contributed by atoms with Gasteiger partial charge >= 0.3 is 0 Å². The molecule has 0 radical (unpaired) electrons. The van der Waals surface area contributed by atoms with Crippen molar-refractivity contribution in [3.05, 3.63) is 30.3 Å². The van der Waals surface area contributed by atoms with E-state index < -0.39 is 17.7 Å². The Balaban J connectivity index is 1.40. The number of carbonyl (C=O) groups excluding carboxylic acids is 2. The van der Waals surface area contributed by atoms with Crippen LogP contribution in [0.4, 0.5) is 0 Å². The summed E-state index contributed by atoms with van der Waals surface area (Å²) in [6, 6.07) is 8.91. The molecule has 40 heavy (non-hydrogen) atoms. The fourth-order valence-corrected chi connectivity index (χ4v) is 8.58. The summed E-state index contributed by atoms with van der Waals surface area (Å²) in [6.07, 6.45) is 7.97. The van der Waals surface area contributed by atoms with Crippen LogP contribution in [0.3, 0.4) is 0 Å². The highest BCUT2D eigenvalue weighted by Crippen LogP contribution is 2.41. The average Bonchev–Trinajstić information content (AvgIpc) is 3.18. The van der Waals surface area contributed by atoms with Crippen LogP contribution in [-0.2, 0) is 9.59 Å². The lowest BCUT2D eigenvalue weighted by molar-refractivity contribution is -0.229. The second-order valence-electron chi connectivity index (χ2n) is 13.4. The molecule has 1 N–H and O–H groups in total. The summed E-state index contributed by atoms with van der Waals surface area (Å²) in [5, 5.41) is 25.3. The van der Waals surface area contributed by atoms with Gasteiger partial charge in [0.15, 0.2) is 0 Å². The van der Waals surface area contributed by atoms with E-state index in [0.717, 1.165) is 56.4 Å². The molecule has 1 aromatic rings. The Labute approximate surface area is 243 Å². The van der Waals surface area contributed by atoms with Gasteiger partial charge in [0.25, 0.3) is 0 Å². The van der Waals surface area contributed by atoms with Gasteiger partial charge in [-0.3, -0.25) is 24.4 Å². The highest BCUT2D eigenvalue weighted by molar-refractivity contribution is 7.99. The zero-order valence-corrected chi connectivity index (χ0v) is 25.2. The van der Waals surface area contributed by atoms with Gasteiger partial charge in [0.1, 0.15) is 0 Å². The van der Waals surface area contributed by atoms with E-state index in [1.165, 1.54) is 17.7 Å². The first-order valence-electron chi connectivity index (χ1n) is 15.4. The number of benzene rings is 1. The normalized spacial score (nSPS) is 31.6. The van der Waals surface area contributed by atoms with Gasteiger partial charge in [-0.2, -0.15) is 0 Å². The molecule has 0 bridgehead atoms. The molecule has 2 aliphatic heterocycles. The van der Waals surface area contributed by atoms with Crippen molar-refractivity contribution in [1.82, 2.24) is 9.80 Å². The largest absolute Gasteiger partial charge is 0.861 e. The van der Waals surface area contributed by atoms with Gasteiger partial charge in [-0.15, -0.1) is 11.8 Å². The molecule has 7 atom stereocenters. The fraction of sp³-hybridized carbons (Fsp3) is 0.719. The van der Waals surface area contributed by atoms with Crippen molar-refractivity contribution in [1.29, 1.82) is 0 Å². The standard InChI is InChI=1S/C32H47N3O4S/c1-32(2,3)33-29(37)26-17-21-11-7-8-12-22(21)18-34(26)19-28(36)27(20-40-23-13-5-4-6-14-23)35-30(38)24-15-9-10-16-25(24)31(35)39/h4-6,13-14,21-22,24-28,36H,7-12,15-20H2,1-3H3,(H,33,37)/p-1/t21-,22+,24?,25?,26-,27-,28+/m0/s1. The molecule has 2 aliphatic carbocycles. The van der Waals surface area contributed by atoms with Gasteiger partial charge in [0.05, 0.1) is 29.5 Å². The number of likely N-dealkylation sites (tertiary alicyclic amines) is 2. The van der Waals surface area contributed by atoms with Crippen molar-refractivity contribution in [3.63, 3.8) is 0 Å². The number of fused-ring (bicyclic) bond motifs is 2. The summed E-state index contributed by atoms with van der Waals surface area (Å²) < 4.78 is 0. The van der Waals surface area contributed by atoms with Crippen LogP contribution in [0.15, 0.2) is 40.2 Å². The predicted molar refractivity (Wildman–Crippen MR) is 157 cm³/mol. The summed E-state index contributed by atoms with van der Waals surface area (Å²) in [6.45, 7) is 6.83. The Bertz CT molecular complexity index is 1050. The van der Waals surface area contributed by atoms with Gasteiger partial charge in [-0.1, -0.05) is 50.3 Å². The summed E-state index contributed by atoms with van der Waals surface area (Å²) >= 11 is 1.57. The number of rotatable bonds is 8. The fourth-order valence-electron chi connectivity index (χ4n) is 7.50. The number of hydrogen-bond acceptors (Lipinski definition) is 7. The molecule has 1 aromatic carbocycles. The zero-order valence-electron chi connectivity index (χ0n) is 24.3. The Kier molecular flexibility index (Phi) is 9.27. The molecule has 2 saturated heterocycles. The third-order valence-electron chi connectivity index (χ3n) is 9.47. The molecule has 2 saturated carbocycles. The number of imide groups is 1. The van der Waals surface area contributed by atoms with Crippen molar-refractivity contribution >= 4 is 29.5 Å². The minimum atomic E-state index is -0.950. The second-order valence-corrected chi connectivity index (χ2v) is 14.5. The third kappa shape index (κ3) is 6.60. The van der Waals surface area contributed by atoms with Crippen LogP contribution in [0.25, 0.3) is 0 Å². The molecule has 7 nitrogen and oxygen atoms in total. The highest BCUT2D eigenvalue weighted by Gasteiger charge is 2.52. The highest BCUT2D eigenvalue weighted by atomic mass is 32.2. The molecule has 4 aliphatic rings. The van der Waals surface area contributed by atoms with E-state index in [9.17, 15) is 19.8 Å². The summed E-state index contributed by atoms with van der Waals surface area (Å²) in [7, 11) is 0. The van der Waals surface area contributed by atoms with Gasteiger partial charge in [0.2, 0.25) is 11.8 Å². The number of piperidine rings is 1. The van der Waals surface area contributed by atoms with Crippen LogP contribution >= 0.6 is 11.8 Å². The second kappa shape index (κ2) is 12.5. The lowest BCUT2D eigenvalue weighted by atomic mass is 9.72. The molecule has 2 heterocycles. The molecule has 8 heteroatoms. The average molecular weight is 569 g/mol. The smallest absolute Gasteiger partial charge is 0.233 e. The maximum atomic E-state index is 13.6. The van der Waals surface area contributed by atoms with E-state index in [2.05, 4.69) is 9.89 Å². The number of hydrogen-bond donors (Lipinski definition) is 1. The molecule has 4 fully saturated rings. The van der Waals surface area contributed by atoms with E-state index in [1.54, 1.807) is 11.8 Å². The van der Waals surface area contributed by atoms with E-state index >= 15 is 0 Å². The van der Waals surface area contributed by atoms with Crippen molar-refractivity contribution < 1.29 is 19.8 Å². The van der Waals surface area contributed by atoms with E-state index in [0.29, 0.717) is 17.6 Å². The minimum Gasteiger partial charge on any atom is -0.861 e. The summed E-state index contributed by atoms with van der Waals surface area (Å²) in [4.78, 5) is 36.3. The molecule has 0 spiro atoms. The van der Waals surface area contributed by atoms with Crippen LogP contribution in [0.1, 0.15) is 78.6 Å². The van der Waals surface area contributed by atoms with Crippen LogP contribution in [-0.4, -0.2) is 75.2 Å². The number of aliphatic imine (C=N–C) groups is 1. The Morgan fingerprint density at radius 3 is 2.23 bits per heavy atom. The first-order chi connectivity index (χ1) is 19.1. The monoisotopic (exact) mass is 568 g/mol. The number of amides is 2. The molecular formula is C32H46N3O4S-. The molecule has 5 rings (SSSR count). The maximum Gasteiger partial charge on any atom is 0.233 e. The van der Waals surface area contributed by atoms with Crippen LogP contribution in [0.2, 0.25) is 0 Å². The number of thioether (sulfide) groups is 1. The number of β-amino-alcohol motifs (C(OH)–C–C–N with tert-alkyl or cyclic N) is 1. The number of aliphatic hydroxyl groups excluding tert-OH is 1. The number of aliphatic hydroxyl groups is 1. The van der Waals surface area contributed by atoms with Gasteiger partial charge in [-0.05, 0) is 76.3 Å². The molecule has 220 valence electrons. The van der Waals surface area contributed by atoms with Crippen molar-refractivity contribution in [2.24, 2.45) is 28.7 Å². The van der Waals surface area contributed by atoms with Crippen molar-refractivity contribution in [2.75, 3.05) is 18.8 Å². The van der Waals surface area contributed by atoms with Crippen LogP contribution in [0, 0.1) is 23.7 Å². The number of carbonyl (C=O) groups is 2. The van der Waals surface area contributed by atoms with Crippen molar-refractivity contribution in [3.8, 4) is 0 Å². The molecule has 0 aromatic heterocycles. The maximum absolute atomic E-state index is 13.6. The summed E-state index contributed by atoms with van der Waals surface area (Å²) in [5.74, 6) is 0.592. The number of nitrogens with zero attached hydrogens (tertiary/aromatic N) is 3. The topological polar surface area (TPSA) is 96.3 Å². The lowest BCUT2D eigenvalue weighted by Crippen LogP contribution is -2.59. The predicted octanol–water partition coefficient (Wildman–Crippen LogP) is 4.12. The van der Waals surface area contributed by atoms with E-state index in [-0.39, 0.29) is 42.1 Å². The molecule has 2 unspecified atom stereocenters. The van der Waals surface area contributed by atoms with Gasteiger partial charge in [0, 0.05) is 29.8 Å². The SMILES string of the molecule is CC(C)(C)N=C([O-])[C@@H]1C[C@@H]2CCCC[C@@H]2CN1C[C@@H](O)[C@H](CSc1ccccc1)N1C(=O)C2CCCCC2C1=O. The van der Waals surface area contributed by atoms with Gasteiger partial charge < -0.3 is 10.2 Å². The Morgan fingerprint density at radius 1 is 1.00 bits per heavy atom. The third-order valence-corrected chi connectivity index (χ3v) is 10.6. The van der Waals surface area contributed by atoms with Gasteiger partial charge in [-0.25, -0.2) is 0 Å². The van der Waals surface area contributed by atoms with Crippen LogP contribution < -0.4 is 5.11 Å². The lowest BCUT2D eigenvalue weighted by Gasteiger charge is -2.49.